The van der Waals surface area contributed by atoms with Gasteiger partial charge in [-0.25, -0.2) is 9.79 Å². The van der Waals surface area contributed by atoms with E-state index in [4.69, 9.17) is 11.6 Å². The number of halogens is 1. The van der Waals surface area contributed by atoms with Crippen molar-refractivity contribution < 1.29 is 9.59 Å². The van der Waals surface area contributed by atoms with Crippen LogP contribution in [0.1, 0.15) is 45.7 Å². The molecule has 2 heterocycles. The van der Waals surface area contributed by atoms with Crippen LogP contribution in [0.4, 0.5) is 10.6 Å². The Hall–Kier alpha value is -2.22. The van der Waals surface area contributed by atoms with Gasteiger partial charge in [0.15, 0.2) is 0 Å². The summed E-state index contributed by atoms with van der Waals surface area (Å²) in [6.07, 6.45) is 2.53. The van der Waals surface area contributed by atoms with E-state index in [0.29, 0.717) is 18.2 Å². The third-order valence-corrected chi connectivity index (χ3v) is 4.56. The first kappa shape index (κ1) is 18.6. The lowest BCUT2D eigenvalue weighted by Crippen LogP contribution is -2.33. The minimum Gasteiger partial charge on any atom is -0.337 e. The number of hydrogen-bond donors (Lipinski definition) is 2. The molecule has 3 amide bonds. The summed E-state index contributed by atoms with van der Waals surface area (Å²) in [5.74, 6) is 0.546. The fraction of sp³-hybridized carbons (Fsp3) is 0.588. The molecule has 26 heavy (non-hydrogen) atoms. The molecule has 3 rings (SSSR count). The fourth-order valence-corrected chi connectivity index (χ4v) is 3.06. The Morgan fingerprint density at radius 3 is 2.85 bits per heavy atom. The number of nitrogens with zero attached hydrogens (tertiary/aromatic N) is 4. The normalized spacial score (nSPS) is 19.7. The highest BCUT2D eigenvalue weighted by Gasteiger charge is 2.34. The van der Waals surface area contributed by atoms with E-state index in [0.717, 1.165) is 30.7 Å². The molecule has 2 N–H and O–H groups in total. The number of fused-ring (bicyclic) bond motifs is 1. The summed E-state index contributed by atoms with van der Waals surface area (Å²) in [5.41, 5.74) is 1.37. The van der Waals surface area contributed by atoms with Gasteiger partial charge in [-0.05, 0) is 19.3 Å². The number of anilines is 1. The van der Waals surface area contributed by atoms with Crippen molar-refractivity contribution >= 4 is 41.0 Å². The van der Waals surface area contributed by atoms with Crippen LogP contribution in [-0.2, 0) is 10.2 Å². The summed E-state index contributed by atoms with van der Waals surface area (Å²) in [4.78, 5) is 33.0. The summed E-state index contributed by atoms with van der Waals surface area (Å²) in [5, 5.41) is 9.92. The lowest BCUT2D eigenvalue weighted by molar-refractivity contribution is -0.119. The smallest absolute Gasteiger partial charge is 0.320 e. The first-order chi connectivity index (χ1) is 12.3. The quantitative estimate of drug-likeness (QED) is 0.790. The molecule has 0 saturated heterocycles. The number of nitrogens with one attached hydrogen (secondary N) is 2. The highest BCUT2D eigenvalue weighted by Crippen LogP contribution is 2.29. The van der Waals surface area contributed by atoms with Crippen molar-refractivity contribution in [1.29, 1.82) is 0 Å². The van der Waals surface area contributed by atoms with Gasteiger partial charge in [-0.3, -0.25) is 10.1 Å². The van der Waals surface area contributed by atoms with Gasteiger partial charge in [0.25, 0.3) is 11.9 Å². The Labute approximate surface area is 157 Å². The van der Waals surface area contributed by atoms with Gasteiger partial charge >= 0.3 is 6.03 Å². The van der Waals surface area contributed by atoms with Crippen LogP contribution in [0.25, 0.3) is 0 Å². The predicted molar refractivity (Wildman–Crippen MR) is 101 cm³/mol. The second-order valence-corrected chi connectivity index (χ2v) is 7.82. The van der Waals surface area contributed by atoms with Crippen molar-refractivity contribution in [1.82, 2.24) is 15.1 Å². The lowest BCUT2D eigenvalue weighted by atomic mass is 9.92. The van der Waals surface area contributed by atoms with Crippen molar-refractivity contribution in [3.63, 3.8) is 0 Å². The van der Waals surface area contributed by atoms with Crippen LogP contribution >= 0.6 is 11.6 Å². The van der Waals surface area contributed by atoms with E-state index in [-0.39, 0.29) is 23.2 Å². The molecule has 140 valence electrons. The first-order valence-electron chi connectivity index (χ1n) is 8.71. The first-order valence-corrected chi connectivity index (χ1v) is 9.25. The monoisotopic (exact) mass is 378 g/mol. The lowest BCUT2D eigenvalue weighted by Gasteiger charge is -2.16. The number of rotatable bonds is 3. The summed E-state index contributed by atoms with van der Waals surface area (Å²) >= 11 is 5.60. The van der Waals surface area contributed by atoms with E-state index in [2.05, 4.69) is 25.7 Å². The topological polar surface area (TPSA) is 101 Å². The minimum absolute atomic E-state index is 0.187. The van der Waals surface area contributed by atoms with Crippen molar-refractivity contribution in [3.8, 4) is 0 Å². The summed E-state index contributed by atoms with van der Waals surface area (Å²) < 4.78 is 1.43. The van der Waals surface area contributed by atoms with E-state index in [1.54, 1.807) is 6.07 Å². The van der Waals surface area contributed by atoms with Crippen LogP contribution in [0, 0.1) is 5.92 Å². The van der Waals surface area contributed by atoms with Crippen molar-refractivity contribution in [2.24, 2.45) is 15.9 Å². The maximum absolute atomic E-state index is 12.3. The fourth-order valence-electron chi connectivity index (χ4n) is 2.96. The van der Waals surface area contributed by atoms with E-state index in [1.165, 1.54) is 4.68 Å². The SMILES string of the molecule is CC(C)(C)c1cc(NC(=O)NCCCl)n(C2=NC(=O)C3CCCC3=N2)n1. The maximum atomic E-state index is 12.3. The van der Waals surface area contributed by atoms with Crippen LogP contribution in [0.15, 0.2) is 16.1 Å². The second-order valence-electron chi connectivity index (χ2n) is 7.44. The molecular formula is C17H23ClN6O2. The Bertz CT molecular complexity index is 790. The van der Waals surface area contributed by atoms with E-state index in [9.17, 15) is 9.59 Å². The Morgan fingerprint density at radius 2 is 2.15 bits per heavy atom. The van der Waals surface area contributed by atoms with E-state index < -0.39 is 6.03 Å². The molecule has 1 fully saturated rings. The molecule has 1 aliphatic carbocycles. The molecular weight excluding hydrogens is 356 g/mol. The number of urea groups is 1. The van der Waals surface area contributed by atoms with Gasteiger partial charge in [-0.15, -0.1) is 11.6 Å². The molecule has 0 bridgehead atoms. The summed E-state index contributed by atoms with van der Waals surface area (Å²) in [7, 11) is 0. The molecule has 1 atom stereocenters. The van der Waals surface area contributed by atoms with Gasteiger partial charge in [0.2, 0.25) is 0 Å². The highest BCUT2D eigenvalue weighted by molar-refractivity contribution is 6.18. The molecule has 0 aromatic carbocycles. The zero-order valence-corrected chi connectivity index (χ0v) is 15.9. The van der Waals surface area contributed by atoms with E-state index >= 15 is 0 Å². The number of alkyl halides is 1. The summed E-state index contributed by atoms with van der Waals surface area (Å²) in [6.45, 7) is 6.40. The van der Waals surface area contributed by atoms with Gasteiger partial charge in [0.05, 0.1) is 11.6 Å². The summed E-state index contributed by atoms with van der Waals surface area (Å²) in [6, 6.07) is 1.37. The highest BCUT2D eigenvalue weighted by atomic mass is 35.5. The molecule has 9 heteroatoms. The van der Waals surface area contributed by atoms with Crippen LogP contribution in [0.2, 0.25) is 0 Å². The number of amides is 3. The van der Waals surface area contributed by atoms with Crippen LogP contribution < -0.4 is 10.6 Å². The van der Waals surface area contributed by atoms with E-state index in [1.807, 2.05) is 20.8 Å². The molecule has 8 nitrogen and oxygen atoms in total. The largest absolute Gasteiger partial charge is 0.337 e. The van der Waals surface area contributed by atoms with Crippen molar-refractivity contribution in [2.45, 2.75) is 45.4 Å². The third kappa shape index (κ3) is 3.80. The van der Waals surface area contributed by atoms with Crippen molar-refractivity contribution in [3.05, 3.63) is 11.8 Å². The molecule has 0 radical (unpaired) electrons. The Kier molecular flexibility index (Phi) is 5.13. The van der Waals surface area contributed by atoms with Crippen LogP contribution in [0.3, 0.4) is 0 Å². The van der Waals surface area contributed by atoms with Crippen LogP contribution in [-0.4, -0.2) is 45.8 Å². The minimum atomic E-state index is -0.401. The predicted octanol–water partition coefficient (Wildman–Crippen LogP) is 2.53. The Balaban J connectivity index is 1.96. The van der Waals surface area contributed by atoms with Gasteiger partial charge in [0, 0.05) is 29.6 Å². The zero-order valence-electron chi connectivity index (χ0n) is 15.2. The molecule has 0 spiro atoms. The maximum Gasteiger partial charge on any atom is 0.320 e. The number of carbonyl (C=O) groups excluding carboxylic acids is 2. The van der Waals surface area contributed by atoms with Crippen molar-refractivity contribution in [2.75, 3.05) is 17.7 Å². The number of carbonyl (C=O) groups is 2. The van der Waals surface area contributed by atoms with Crippen LogP contribution in [0.5, 0.6) is 0 Å². The average molecular weight is 379 g/mol. The molecule has 1 aromatic heterocycles. The second kappa shape index (κ2) is 7.19. The van der Waals surface area contributed by atoms with Gasteiger partial charge in [-0.1, -0.05) is 20.8 Å². The molecule has 1 aliphatic heterocycles. The Morgan fingerprint density at radius 1 is 1.38 bits per heavy atom. The third-order valence-electron chi connectivity index (χ3n) is 4.37. The molecule has 2 aliphatic rings. The number of aromatic nitrogens is 2. The standard InChI is InChI=1S/C17H23ClN6O2/c1-17(2,3)12-9-13(21-16(26)19-8-7-18)24(23-12)15-20-11-6-4-5-10(11)14(25)22-15/h9-10H,4-8H2,1-3H3,(H2,19,21,26). The average Bonchev–Trinajstić information content (AvgIpc) is 3.19. The molecule has 1 aromatic rings. The molecule has 1 saturated carbocycles. The van der Waals surface area contributed by atoms with Gasteiger partial charge in [0.1, 0.15) is 5.82 Å². The zero-order chi connectivity index (χ0) is 18.9. The number of hydrogen-bond acceptors (Lipinski definition) is 4. The van der Waals surface area contributed by atoms with Gasteiger partial charge in [-0.2, -0.15) is 14.8 Å². The molecule has 1 unspecified atom stereocenters. The van der Waals surface area contributed by atoms with Gasteiger partial charge < -0.3 is 5.32 Å². The number of aliphatic imine (C=N–C) groups is 2.